The van der Waals surface area contributed by atoms with Crippen molar-refractivity contribution in [1.82, 2.24) is 0 Å². The summed E-state index contributed by atoms with van der Waals surface area (Å²) in [6.45, 7) is 6.40. The first-order valence-corrected chi connectivity index (χ1v) is 24.5. The highest BCUT2D eigenvalue weighted by Crippen LogP contribution is 2.14. The molecule has 0 saturated heterocycles. The molecule has 0 aliphatic carbocycles. The number of allylic oxidation sites excluding steroid dienone is 12. The maximum atomic E-state index is 12.8. The molecule has 0 rings (SSSR count). The van der Waals surface area contributed by atoms with Crippen molar-refractivity contribution < 1.29 is 28.6 Å². The van der Waals surface area contributed by atoms with Crippen LogP contribution >= 0.6 is 0 Å². The molecule has 0 aromatic rings. The van der Waals surface area contributed by atoms with Crippen LogP contribution in [0.25, 0.3) is 0 Å². The van der Waals surface area contributed by atoms with Crippen LogP contribution in [0.1, 0.15) is 226 Å². The standard InChI is InChI=1S/C53H90O6/c1-4-7-10-13-16-19-22-24-26-28-31-34-37-40-43-46-52(55)58-49-50(48-57-51(54)45-42-39-36-33-30-21-18-15-12-9-6-3)59-53(56)47-44-41-38-35-32-29-27-25-23-20-17-14-11-8-5-2/h7,10,13,15-16,18-23,30,50H,4-6,8-9,11-12,14,17,24-29,31-49H2,1-3H3/b10-7-,16-13-,18-15-,22-19-,23-20-,30-21-. The summed E-state index contributed by atoms with van der Waals surface area (Å²) in [6, 6.07) is 0. The van der Waals surface area contributed by atoms with E-state index >= 15 is 0 Å². The fourth-order valence-corrected chi connectivity index (χ4v) is 6.53. The van der Waals surface area contributed by atoms with Gasteiger partial charge in [-0.1, -0.05) is 196 Å². The Morgan fingerprint density at radius 2 is 0.695 bits per heavy atom. The Labute approximate surface area is 363 Å². The minimum atomic E-state index is -0.792. The highest BCUT2D eigenvalue weighted by Gasteiger charge is 2.19. The van der Waals surface area contributed by atoms with Gasteiger partial charge in [-0.15, -0.1) is 0 Å². The van der Waals surface area contributed by atoms with Crippen molar-refractivity contribution in [1.29, 1.82) is 0 Å². The molecule has 0 saturated carbocycles. The second kappa shape index (κ2) is 47.5. The highest BCUT2D eigenvalue weighted by atomic mass is 16.6. The van der Waals surface area contributed by atoms with E-state index in [2.05, 4.69) is 93.7 Å². The summed E-state index contributed by atoms with van der Waals surface area (Å²) < 4.78 is 16.7. The van der Waals surface area contributed by atoms with Crippen LogP contribution < -0.4 is 0 Å². The van der Waals surface area contributed by atoms with Crippen LogP contribution in [0.2, 0.25) is 0 Å². The summed E-state index contributed by atoms with van der Waals surface area (Å²) >= 11 is 0. The largest absolute Gasteiger partial charge is 0.462 e. The molecule has 6 nitrogen and oxygen atoms in total. The SMILES string of the molecule is CC\C=C/C=C\C=C/CCCCCCCCCC(=O)OCC(COC(=O)CCCCC/C=C\C=C/CCCC)OC(=O)CCCCCCCCC/C=C\CCCCCC. The summed E-state index contributed by atoms with van der Waals surface area (Å²) in [5, 5.41) is 0. The smallest absolute Gasteiger partial charge is 0.306 e. The van der Waals surface area contributed by atoms with E-state index < -0.39 is 6.10 Å². The lowest BCUT2D eigenvalue weighted by atomic mass is 10.1. The third-order valence-corrected chi connectivity index (χ3v) is 10.3. The van der Waals surface area contributed by atoms with Crippen LogP contribution in [-0.2, 0) is 28.6 Å². The molecule has 338 valence electrons. The average Bonchev–Trinajstić information content (AvgIpc) is 3.23. The van der Waals surface area contributed by atoms with E-state index in [1.807, 2.05) is 0 Å². The number of carbonyl (C=O) groups excluding carboxylic acids is 3. The molecule has 0 aromatic carbocycles. The first-order chi connectivity index (χ1) is 29.0. The van der Waals surface area contributed by atoms with E-state index in [1.54, 1.807) is 0 Å². The predicted octanol–water partition coefficient (Wildman–Crippen LogP) is 15.9. The molecule has 0 aliphatic heterocycles. The first kappa shape index (κ1) is 55.9. The molecule has 0 radical (unpaired) electrons. The Hall–Kier alpha value is -3.15. The monoisotopic (exact) mass is 823 g/mol. The van der Waals surface area contributed by atoms with Crippen LogP contribution in [0.3, 0.4) is 0 Å². The van der Waals surface area contributed by atoms with Gasteiger partial charge in [0, 0.05) is 19.3 Å². The lowest BCUT2D eigenvalue weighted by molar-refractivity contribution is -0.167. The van der Waals surface area contributed by atoms with Crippen LogP contribution in [0.4, 0.5) is 0 Å². The van der Waals surface area contributed by atoms with Gasteiger partial charge in [0.2, 0.25) is 0 Å². The molecule has 0 spiro atoms. The maximum Gasteiger partial charge on any atom is 0.306 e. The molecule has 59 heavy (non-hydrogen) atoms. The molecule has 0 aromatic heterocycles. The van der Waals surface area contributed by atoms with Gasteiger partial charge in [-0.2, -0.15) is 0 Å². The third-order valence-electron chi connectivity index (χ3n) is 10.3. The van der Waals surface area contributed by atoms with Crippen molar-refractivity contribution in [3.63, 3.8) is 0 Å². The Morgan fingerprint density at radius 3 is 1.15 bits per heavy atom. The molecular formula is C53H90O6. The molecular weight excluding hydrogens is 733 g/mol. The highest BCUT2D eigenvalue weighted by molar-refractivity contribution is 5.71. The van der Waals surface area contributed by atoms with Gasteiger partial charge < -0.3 is 14.2 Å². The van der Waals surface area contributed by atoms with Crippen molar-refractivity contribution in [2.75, 3.05) is 13.2 Å². The number of ether oxygens (including phenoxy) is 3. The van der Waals surface area contributed by atoms with Crippen molar-refractivity contribution in [2.24, 2.45) is 0 Å². The van der Waals surface area contributed by atoms with Crippen LogP contribution in [-0.4, -0.2) is 37.2 Å². The molecule has 1 unspecified atom stereocenters. The quantitative estimate of drug-likeness (QED) is 0.0200. The summed E-state index contributed by atoms with van der Waals surface area (Å²) in [5.74, 6) is -0.939. The van der Waals surface area contributed by atoms with Gasteiger partial charge in [-0.25, -0.2) is 0 Å². The number of hydrogen-bond acceptors (Lipinski definition) is 6. The molecule has 0 aliphatic rings. The molecule has 0 fully saturated rings. The van der Waals surface area contributed by atoms with E-state index in [1.165, 1.54) is 103 Å². The number of carbonyl (C=O) groups is 3. The molecule has 6 heteroatoms. The van der Waals surface area contributed by atoms with Crippen molar-refractivity contribution in [3.8, 4) is 0 Å². The van der Waals surface area contributed by atoms with Gasteiger partial charge in [0.1, 0.15) is 13.2 Å². The van der Waals surface area contributed by atoms with Crippen LogP contribution in [0, 0.1) is 0 Å². The lowest BCUT2D eigenvalue weighted by Gasteiger charge is -2.18. The van der Waals surface area contributed by atoms with E-state index in [0.717, 1.165) is 83.5 Å². The van der Waals surface area contributed by atoms with E-state index in [9.17, 15) is 14.4 Å². The number of rotatable bonds is 43. The molecule has 0 N–H and O–H groups in total. The van der Waals surface area contributed by atoms with E-state index in [0.29, 0.717) is 19.3 Å². The number of unbranched alkanes of at least 4 members (excludes halogenated alkanes) is 23. The van der Waals surface area contributed by atoms with Gasteiger partial charge in [-0.3, -0.25) is 14.4 Å². The lowest BCUT2D eigenvalue weighted by Crippen LogP contribution is -2.30. The Kier molecular flexibility index (Phi) is 45.0. The summed E-state index contributed by atoms with van der Waals surface area (Å²) in [4.78, 5) is 37.9. The predicted molar refractivity (Wildman–Crippen MR) is 251 cm³/mol. The minimum absolute atomic E-state index is 0.0925. The third kappa shape index (κ3) is 45.8. The van der Waals surface area contributed by atoms with E-state index in [-0.39, 0.29) is 31.1 Å². The zero-order valence-electron chi connectivity index (χ0n) is 38.5. The number of hydrogen-bond donors (Lipinski definition) is 0. The normalized spacial score (nSPS) is 12.7. The first-order valence-electron chi connectivity index (χ1n) is 24.5. The molecule has 0 bridgehead atoms. The number of esters is 3. The zero-order chi connectivity index (χ0) is 43.0. The molecule has 1 atom stereocenters. The topological polar surface area (TPSA) is 78.9 Å². The molecule has 0 heterocycles. The van der Waals surface area contributed by atoms with Gasteiger partial charge >= 0.3 is 17.9 Å². The Balaban J connectivity index is 4.43. The Bertz CT molecular complexity index is 1130. The fraction of sp³-hybridized carbons (Fsp3) is 0.717. The maximum absolute atomic E-state index is 12.8. The van der Waals surface area contributed by atoms with Gasteiger partial charge in [0.25, 0.3) is 0 Å². The van der Waals surface area contributed by atoms with Crippen molar-refractivity contribution >= 4 is 17.9 Å². The second-order valence-electron chi connectivity index (χ2n) is 16.1. The van der Waals surface area contributed by atoms with Crippen molar-refractivity contribution in [2.45, 2.75) is 232 Å². The van der Waals surface area contributed by atoms with E-state index in [4.69, 9.17) is 14.2 Å². The van der Waals surface area contributed by atoms with Gasteiger partial charge in [-0.05, 0) is 83.5 Å². The van der Waals surface area contributed by atoms with Crippen molar-refractivity contribution in [3.05, 3.63) is 72.9 Å². The van der Waals surface area contributed by atoms with Gasteiger partial charge in [0.15, 0.2) is 6.10 Å². The summed E-state index contributed by atoms with van der Waals surface area (Å²) in [7, 11) is 0. The Morgan fingerprint density at radius 1 is 0.356 bits per heavy atom. The molecule has 0 amide bonds. The summed E-state index contributed by atoms with van der Waals surface area (Å²) in [5.41, 5.74) is 0. The fourth-order valence-electron chi connectivity index (χ4n) is 6.53. The van der Waals surface area contributed by atoms with Gasteiger partial charge in [0.05, 0.1) is 0 Å². The zero-order valence-corrected chi connectivity index (χ0v) is 38.5. The average molecular weight is 823 g/mol. The second-order valence-corrected chi connectivity index (χ2v) is 16.1. The summed E-state index contributed by atoms with van der Waals surface area (Å²) in [6.07, 6.45) is 58.8. The minimum Gasteiger partial charge on any atom is -0.462 e. The van der Waals surface area contributed by atoms with Crippen LogP contribution in [0.5, 0.6) is 0 Å². The van der Waals surface area contributed by atoms with Crippen LogP contribution in [0.15, 0.2) is 72.9 Å².